The van der Waals surface area contributed by atoms with Crippen molar-refractivity contribution in [1.82, 2.24) is 14.7 Å². The molecule has 0 bridgehead atoms. The van der Waals surface area contributed by atoms with E-state index in [9.17, 15) is 5.11 Å². The Morgan fingerprint density at radius 3 is 2.79 bits per heavy atom. The molecule has 0 saturated carbocycles. The third-order valence-electron chi connectivity index (χ3n) is 3.80. The molecule has 2 aromatic rings. The molecule has 0 unspecified atom stereocenters. The van der Waals surface area contributed by atoms with Crippen LogP contribution in [-0.2, 0) is 6.54 Å². The molecule has 0 fully saturated rings. The SMILES string of the molecule is CCC(CC)(CO)NCc1c(OC)nc2sccn12. The first-order chi connectivity index (χ1) is 9.19. The molecular weight excluding hydrogens is 262 g/mol. The van der Waals surface area contributed by atoms with Gasteiger partial charge in [-0.1, -0.05) is 13.8 Å². The summed E-state index contributed by atoms with van der Waals surface area (Å²) in [5, 5.41) is 15.1. The second-order valence-corrected chi connectivity index (χ2v) is 5.50. The van der Waals surface area contributed by atoms with Crippen molar-refractivity contribution in [2.75, 3.05) is 13.7 Å². The molecule has 2 heterocycles. The summed E-state index contributed by atoms with van der Waals surface area (Å²) < 4.78 is 7.36. The molecule has 2 aromatic heterocycles. The van der Waals surface area contributed by atoms with E-state index in [2.05, 4.69) is 24.1 Å². The molecule has 0 aromatic carbocycles. The van der Waals surface area contributed by atoms with Crippen LogP contribution in [0.2, 0.25) is 0 Å². The van der Waals surface area contributed by atoms with Crippen molar-refractivity contribution in [2.45, 2.75) is 38.8 Å². The number of hydrogen-bond acceptors (Lipinski definition) is 5. The average molecular weight is 283 g/mol. The number of aliphatic hydroxyl groups is 1. The van der Waals surface area contributed by atoms with Crippen LogP contribution in [0.15, 0.2) is 11.6 Å². The number of nitrogens with one attached hydrogen (secondary N) is 1. The van der Waals surface area contributed by atoms with Gasteiger partial charge in [0.1, 0.15) is 5.69 Å². The van der Waals surface area contributed by atoms with Gasteiger partial charge in [0.05, 0.1) is 13.7 Å². The van der Waals surface area contributed by atoms with E-state index < -0.39 is 0 Å². The lowest BCUT2D eigenvalue weighted by molar-refractivity contribution is 0.148. The van der Waals surface area contributed by atoms with E-state index in [1.807, 2.05) is 16.0 Å². The van der Waals surface area contributed by atoms with Gasteiger partial charge in [-0.3, -0.25) is 4.40 Å². The van der Waals surface area contributed by atoms with Gasteiger partial charge in [-0.15, -0.1) is 11.3 Å². The summed E-state index contributed by atoms with van der Waals surface area (Å²) in [6.45, 7) is 4.93. The zero-order chi connectivity index (χ0) is 13.9. The number of aliphatic hydroxyl groups excluding tert-OH is 1. The van der Waals surface area contributed by atoms with Crippen molar-refractivity contribution in [1.29, 1.82) is 0 Å². The van der Waals surface area contributed by atoms with E-state index in [-0.39, 0.29) is 12.1 Å². The summed E-state index contributed by atoms with van der Waals surface area (Å²) in [4.78, 5) is 5.35. The number of nitrogens with zero attached hydrogens (tertiary/aromatic N) is 2. The molecule has 0 radical (unpaired) electrons. The van der Waals surface area contributed by atoms with Crippen LogP contribution >= 0.6 is 11.3 Å². The van der Waals surface area contributed by atoms with Gasteiger partial charge in [-0.2, -0.15) is 4.98 Å². The maximum absolute atomic E-state index is 9.59. The van der Waals surface area contributed by atoms with Gasteiger partial charge in [-0.05, 0) is 12.8 Å². The Morgan fingerprint density at radius 2 is 2.21 bits per heavy atom. The minimum Gasteiger partial charge on any atom is -0.480 e. The van der Waals surface area contributed by atoms with Crippen molar-refractivity contribution in [3.63, 3.8) is 0 Å². The Bertz CT molecular complexity index is 523. The minimum atomic E-state index is -0.231. The molecule has 6 heteroatoms. The fraction of sp³-hybridized carbons (Fsp3) is 0.615. The molecule has 106 valence electrons. The maximum atomic E-state index is 9.59. The largest absolute Gasteiger partial charge is 0.480 e. The predicted molar refractivity (Wildman–Crippen MR) is 76.9 cm³/mol. The summed E-state index contributed by atoms with van der Waals surface area (Å²) in [6.07, 6.45) is 3.76. The number of rotatable bonds is 7. The molecule has 0 aliphatic rings. The summed E-state index contributed by atoms with van der Waals surface area (Å²) in [7, 11) is 1.63. The molecule has 0 spiro atoms. The maximum Gasteiger partial charge on any atom is 0.237 e. The zero-order valence-electron chi connectivity index (χ0n) is 11.6. The van der Waals surface area contributed by atoms with Gasteiger partial charge in [0.2, 0.25) is 5.88 Å². The highest BCUT2D eigenvalue weighted by Gasteiger charge is 2.25. The quantitative estimate of drug-likeness (QED) is 0.816. The van der Waals surface area contributed by atoms with Gasteiger partial charge in [0.25, 0.3) is 0 Å². The summed E-state index contributed by atoms with van der Waals surface area (Å²) >= 11 is 1.58. The highest BCUT2D eigenvalue weighted by Crippen LogP contribution is 2.24. The van der Waals surface area contributed by atoms with Crippen LogP contribution in [0.5, 0.6) is 5.88 Å². The molecule has 0 atom stereocenters. The number of methoxy groups -OCH3 is 1. The Morgan fingerprint density at radius 1 is 1.47 bits per heavy atom. The molecule has 2 N–H and O–H groups in total. The van der Waals surface area contributed by atoms with Crippen molar-refractivity contribution in [2.24, 2.45) is 0 Å². The Balaban J connectivity index is 2.22. The monoisotopic (exact) mass is 283 g/mol. The van der Waals surface area contributed by atoms with Crippen LogP contribution in [0.3, 0.4) is 0 Å². The van der Waals surface area contributed by atoms with Crippen LogP contribution < -0.4 is 10.1 Å². The van der Waals surface area contributed by atoms with Crippen molar-refractivity contribution in [3.05, 3.63) is 17.3 Å². The van der Waals surface area contributed by atoms with Crippen LogP contribution in [0, 0.1) is 0 Å². The highest BCUT2D eigenvalue weighted by molar-refractivity contribution is 7.15. The number of aromatic nitrogens is 2. The lowest BCUT2D eigenvalue weighted by atomic mass is 9.94. The Labute approximate surface area is 117 Å². The lowest BCUT2D eigenvalue weighted by Crippen LogP contribution is -2.47. The molecule has 0 aliphatic heterocycles. The van der Waals surface area contributed by atoms with E-state index in [1.165, 1.54) is 0 Å². The minimum absolute atomic E-state index is 0.133. The summed E-state index contributed by atoms with van der Waals surface area (Å²) in [5.41, 5.74) is 0.768. The average Bonchev–Trinajstić information content (AvgIpc) is 3.02. The van der Waals surface area contributed by atoms with E-state index in [0.717, 1.165) is 23.5 Å². The van der Waals surface area contributed by atoms with Crippen LogP contribution in [0.1, 0.15) is 32.4 Å². The second-order valence-electron chi connectivity index (χ2n) is 4.62. The van der Waals surface area contributed by atoms with Gasteiger partial charge in [0.15, 0.2) is 4.96 Å². The van der Waals surface area contributed by atoms with Gasteiger partial charge in [0, 0.05) is 23.7 Å². The zero-order valence-corrected chi connectivity index (χ0v) is 12.5. The lowest BCUT2D eigenvalue weighted by Gasteiger charge is -2.30. The molecule has 2 rings (SSSR count). The Hall–Kier alpha value is -1.11. The van der Waals surface area contributed by atoms with Gasteiger partial charge < -0.3 is 15.2 Å². The number of thiazole rings is 1. The smallest absolute Gasteiger partial charge is 0.237 e. The predicted octanol–water partition coefficient (Wildman–Crippen LogP) is 2.05. The highest BCUT2D eigenvalue weighted by atomic mass is 32.1. The van der Waals surface area contributed by atoms with Crippen molar-refractivity contribution >= 4 is 16.3 Å². The third kappa shape index (κ3) is 2.61. The molecule has 0 amide bonds. The van der Waals surface area contributed by atoms with Gasteiger partial charge >= 0.3 is 0 Å². The standard InChI is InChI=1S/C13H21N3O2S/c1-4-13(5-2,9-17)14-8-10-11(18-3)15-12-16(10)6-7-19-12/h6-7,14,17H,4-5,8-9H2,1-3H3. The molecule has 5 nitrogen and oxygen atoms in total. The summed E-state index contributed by atoms with van der Waals surface area (Å²) in [6, 6.07) is 0. The van der Waals surface area contributed by atoms with Crippen LogP contribution in [0.4, 0.5) is 0 Å². The Kier molecular flexibility index (Phi) is 4.44. The third-order valence-corrected chi connectivity index (χ3v) is 4.56. The van der Waals surface area contributed by atoms with Crippen molar-refractivity contribution < 1.29 is 9.84 Å². The first kappa shape index (κ1) is 14.3. The fourth-order valence-corrected chi connectivity index (χ4v) is 2.91. The number of ether oxygens (including phenoxy) is 1. The van der Waals surface area contributed by atoms with Crippen LogP contribution in [0.25, 0.3) is 4.96 Å². The normalized spacial score (nSPS) is 12.2. The fourth-order valence-electron chi connectivity index (χ4n) is 2.19. The second kappa shape index (κ2) is 5.90. The topological polar surface area (TPSA) is 58.8 Å². The van der Waals surface area contributed by atoms with Gasteiger partial charge in [-0.25, -0.2) is 0 Å². The van der Waals surface area contributed by atoms with E-state index in [0.29, 0.717) is 12.4 Å². The number of hydrogen-bond donors (Lipinski definition) is 2. The first-order valence-corrected chi connectivity index (χ1v) is 7.42. The van der Waals surface area contributed by atoms with Crippen molar-refractivity contribution in [3.8, 4) is 5.88 Å². The molecular formula is C13H21N3O2S. The van der Waals surface area contributed by atoms with E-state index >= 15 is 0 Å². The molecule has 19 heavy (non-hydrogen) atoms. The molecule has 0 saturated heterocycles. The summed E-state index contributed by atoms with van der Waals surface area (Å²) in [5.74, 6) is 0.651. The first-order valence-electron chi connectivity index (χ1n) is 6.54. The van der Waals surface area contributed by atoms with E-state index in [1.54, 1.807) is 18.4 Å². The number of imidazole rings is 1. The van der Waals surface area contributed by atoms with Crippen LogP contribution in [-0.4, -0.2) is 33.7 Å². The number of fused-ring (bicyclic) bond motifs is 1. The van der Waals surface area contributed by atoms with E-state index in [4.69, 9.17) is 4.74 Å². The molecule has 0 aliphatic carbocycles.